The van der Waals surface area contributed by atoms with Crippen molar-refractivity contribution in [2.24, 2.45) is 11.8 Å². The number of piperidine rings is 1. The van der Waals surface area contributed by atoms with Crippen LogP contribution in [-0.4, -0.2) is 90.4 Å². The first-order valence-corrected chi connectivity index (χ1v) is 16.3. The van der Waals surface area contributed by atoms with Gasteiger partial charge < -0.3 is 15.0 Å². The minimum Gasteiger partial charge on any atom is -0.414 e. The van der Waals surface area contributed by atoms with Gasteiger partial charge in [0.15, 0.2) is 6.67 Å². The summed E-state index contributed by atoms with van der Waals surface area (Å²) in [7, 11) is 2.56. The molecular formula is C33H44Cl2F3N4O4+. The summed E-state index contributed by atoms with van der Waals surface area (Å²) >= 11 is 12.9. The van der Waals surface area contributed by atoms with Gasteiger partial charge in [0.05, 0.1) is 24.0 Å². The molecule has 1 N–H and O–H groups in total. The average molecular weight is 689 g/mol. The zero-order chi connectivity index (χ0) is 34.2. The molecule has 1 saturated heterocycles. The van der Waals surface area contributed by atoms with Crippen LogP contribution in [0.3, 0.4) is 0 Å². The Kier molecular flexibility index (Phi) is 10.6. The van der Waals surface area contributed by atoms with Crippen LogP contribution >= 0.6 is 23.2 Å². The number of benzene rings is 1. The molecule has 46 heavy (non-hydrogen) atoms. The summed E-state index contributed by atoms with van der Waals surface area (Å²) in [5, 5.41) is 3.99. The van der Waals surface area contributed by atoms with Gasteiger partial charge in [-0.2, -0.15) is 18.0 Å². The molecule has 1 aromatic carbocycles. The molecule has 0 aromatic heterocycles. The number of fused-ring (bicyclic) bond motifs is 2. The lowest BCUT2D eigenvalue weighted by molar-refractivity contribution is -0.877. The van der Waals surface area contributed by atoms with Gasteiger partial charge in [-0.05, 0) is 50.8 Å². The number of allylic oxidation sites excluding steroid dienone is 3. The molecule has 4 atom stereocenters. The second-order valence-corrected chi connectivity index (χ2v) is 14.8. The Morgan fingerprint density at radius 2 is 1.80 bits per heavy atom. The van der Waals surface area contributed by atoms with Gasteiger partial charge in [-0.15, -0.1) is 0 Å². The number of amides is 3. The van der Waals surface area contributed by atoms with Crippen LogP contribution in [0.1, 0.15) is 58.1 Å². The van der Waals surface area contributed by atoms with Gasteiger partial charge in [-0.1, -0.05) is 60.5 Å². The highest BCUT2D eigenvalue weighted by Gasteiger charge is 2.52. The number of nitrogens with zero attached hydrogens (tertiary/aromatic N) is 3. The lowest BCUT2D eigenvalue weighted by atomic mass is 9.75. The normalized spacial score (nSPS) is 23.8. The predicted molar refractivity (Wildman–Crippen MR) is 171 cm³/mol. The average Bonchev–Trinajstić information content (AvgIpc) is 2.96. The van der Waals surface area contributed by atoms with E-state index >= 15 is 0 Å². The molecule has 0 saturated carbocycles. The van der Waals surface area contributed by atoms with Crippen molar-refractivity contribution in [3.05, 3.63) is 57.6 Å². The molecule has 3 amide bonds. The van der Waals surface area contributed by atoms with Crippen molar-refractivity contribution in [1.29, 1.82) is 0 Å². The quantitative estimate of drug-likeness (QED) is 0.270. The number of halogens is 5. The van der Waals surface area contributed by atoms with Crippen molar-refractivity contribution < 1.29 is 36.8 Å². The third kappa shape index (κ3) is 7.75. The van der Waals surface area contributed by atoms with Gasteiger partial charge in [0.1, 0.15) is 11.6 Å². The van der Waals surface area contributed by atoms with Crippen LogP contribution in [0.2, 0.25) is 0 Å². The monoisotopic (exact) mass is 687 g/mol. The number of quaternary nitrogens is 1. The highest BCUT2D eigenvalue weighted by Crippen LogP contribution is 2.42. The zero-order valence-electron chi connectivity index (χ0n) is 27.2. The largest absolute Gasteiger partial charge is 0.518 e. The molecule has 1 aromatic rings. The molecule has 3 unspecified atom stereocenters. The SMILES string of the molecule is CC1C(Cl)=C(Cl)C=CC1[C@H](CCN1CCC2(CC1)NC(=O)Cc1ccccc12)[N+](C)(CN(C)C(=O)C(F)(F)F)C(=O)OC(C)(C)C. The zero-order valence-corrected chi connectivity index (χ0v) is 28.7. The Hall–Kier alpha value is -2.60. The second kappa shape index (κ2) is 13.5. The van der Waals surface area contributed by atoms with Gasteiger partial charge >= 0.3 is 18.2 Å². The van der Waals surface area contributed by atoms with E-state index in [0.717, 1.165) is 18.2 Å². The fourth-order valence-corrected chi connectivity index (χ4v) is 7.55. The molecule has 8 nitrogen and oxygen atoms in total. The number of carbonyl (C=O) groups excluding carboxylic acids is 3. The molecule has 2 aliphatic heterocycles. The summed E-state index contributed by atoms with van der Waals surface area (Å²) in [6.45, 7) is 8.17. The first-order chi connectivity index (χ1) is 21.3. The van der Waals surface area contributed by atoms with Crippen molar-refractivity contribution in [1.82, 2.24) is 15.1 Å². The maximum atomic E-state index is 14.0. The molecule has 0 radical (unpaired) electrons. The first-order valence-electron chi connectivity index (χ1n) is 15.5. The van der Waals surface area contributed by atoms with Crippen LogP contribution in [-0.2, 0) is 26.3 Å². The number of likely N-dealkylation sites (tertiary alicyclic amines) is 1. The van der Waals surface area contributed by atoms with Crippen molar-refractivity contribution in [2.75, 3.05) is 40.4 Å². The van der Waals surface area contributed by atoms with Gasteiger partial charge in [-0.3, -0.25) is 14.5 Å². The maximum absolute atomic E-state index is 14.0. The van der Waals surface area contributed by atoms with Crippen LogP contribution in [0.15, 0.2) is 46.5 Å². The summed E-state index contributed by atoms with van der Waals surface area (Å²) in [6, 6.07) is 7.34. The Morgan fingerprint density at radius 1 is 1.17 bits per heavy atom. The number of rotatable bonds is 7. The summed E-state index contributed by atoms with van der Waals surface area (Å²) in [5.74, 6) is -2.82. The molecule has 2 heterocycles. The topological polar surface area (TPSA) is 79.0 Å². The van der Waals surface area contributed by atoms with Crippen molar-refractivity contribution in [3.63, 3.8) is 0 Å². The fraction of sp³-hybridized carbons (Fsp3) is 0.606. The highest BCUT2D eigenvalue weighted by atomic mass is 35.5. The molecule has 4 rings (SSSR count). The van der Waals surface area contributed by atoms with Gasteiger partial charge in [-0.25, -0.2) is 4.48 Å². The molecule has 1 fully saturated rings. The van der Waals surface area contributed by atoms with Crippen LogP contribution in [0.4, 0.5) is 18.0 Å². The minimum absolute atomic E-state index is 0.00293. The number of ether oxygens (including phenoxy) is 1. The van der Waals surface area contributed by atoms with Crippen LogP contribution in [0.5, 0.6) is 0 Å². The summed E-state index contributed by atoms with van der Waals surface area (Å²) in [5.41, 5.74) is 0.770. The molecule has 254 valence electrons. The molecule has 1 aliphatic carbocycles. The molecule has 13 heteroatoms. The third-order valence-electron chi connectivity index (χ3n) is 9.47. The van der Waals surface area contributed by atoms with Crippen molar-refractivity contribution in [3.8, 4) is 0 Å². The predicted octanol–water partition coefficient (Wildman–Crippen LogP) is 6.28. The standard InChI is InChI=1S/C33H43Cl2F3N4O4/c1-21-23(11-12-25(34)28(21)35)26(42(6,30(45)46-31(2,3)4)20-40(5)29(44)33(36,37)38)13-16-41-17-14-32(15-18-41)24-10-8-7-9-22(24)19-27(43)39-32/h7-12,21,23,26H,13-20H2,1-6H3/p+1/t21?,23?,26-,42?/m0/s1. The molecular weight excluding hydrogens is 644 g/mol. The van der Waals surface area contributed by atoms with Crippen LogP contribution in [0, 0.1) is 11.8 Å². The van der Waals surface area contributed by atoms with E-state index in [1.807, 2.05) is 31.2 Å². The number of nitrogens with one attached hydrogen (secondary N) is 1. The third-order valence-corrected chi connectivity index (χ3v) is 10.4. The lowest BCUT2D eigenvalue weighted by Gasteiger charge is -2.47. The van der Waals surface area contributed by atoms with E-state index in [4.69, 9.17) is 27.9 Å². The second-order valence-electron chi connectivity index (χ2n) is 14.0. The maximum Gasteiger partial charge on any atom is 0.518 e. The highest BCUT2D eigenvalue weighted by molar-refractivity contribution is 6.40. The fourth-order valence-electron chi connectivity index (χ4n) is 7.09. The van der Waals surface area contributed by atoms with Crippen molar-refractivity contribution in [2.45, 2.75) is 76.7 Å². The summed E-state index contributed by atoms with van der Waals surface area (Å²) < 4.78 is 45.7. The van der Waals surface area contributed by atoms with E-state index in [-0.39, 0.29) is 11.8 Å². The minimum atomic E-state index is -5.11. The summed E-state index contributed by atoms with van der Waals surface area (Å²) in [4.78, 5) is 41.7. The number of hydrogen-bond donors (Lipinski definition) is 1. The number of hydrogen-bond acceptors (Lipinski definition) is 5. The Bertz CT molecular complexity index is 1400. The Labute approximate surface area is 279 Å². The van der Waals surface area contributed by atoms with E-state index in [0.29, 0.717) is 60.3 Å². The van der Waals surface area contributed by atoms with Crippen LogP contribution in [0.25, 0.3) is 0 Å². The Balaban J connectivity index is 1.64. The van der Waals surface area contributed by atoms with E-state index < -0.39 is 52.4 Å². The van der Waals surface area contributed by atoms with Gasteiger partial charge in [0.25, 0.3) is 0 Å². The van der Waals surface area contributed by atoms with Crippen molar-refractivity contribution >= 4 is 41.1 Å². The van der Waals surface area contributed by atoms with E-state index in [2.05, 4.69) is 16.3 Å². The summed E-state index contributed by atoms with van der Waals surface area (Å²) in [6.07, 6.45) is -0.274. The number of carbonyl (C=O) groups is 3. The Morgan fingerprint density at radius 3 is 2.41 bits per heavy atom. The van der Waals surface area contributed by atoms with Gasteiger partial charge in [0.2, 0.25) is 5.91 Å². The van der Waals surface area contributed by atoms with E-state index in [1.165, 1.54) is 7.05 Å². The van der Waals surface area contributed by atoms with Gasteiger partial charge in [0, 0.05) is 50.0 Å². The molecule has 3 aliphatic rings. The van der Waals surface area contributed by atoms with E-state index in [9.17, 15) is 27.6 Å². The molecule has 0 bridgehead atoms. The lowest BCUT2D eigenvalue weighted by Crippen LogP contribution is -2.65. The number of alkyl halides is 3. The first kappa shape index (κ1) is 36.2. The van der Waals surface area contributed by atoms with Crippen LogP contribution < -0.4 is 5.32 Å². The molecule has 1 spiro atoms. The van der Waals surface area contributed by atoms with E-state index in [1.54, 1.807) is 26.8 Å². The smallest absolute Gasteiger partial charge is 0.414 e.